The molecule has 1 aliphatic heterocycles. The minimum absolute atomic E-state index is 0.155. The van der Waals surface area contributed by atoms with Crippen LogP contribution in [-0.4, -0.2) is 35.4 Å². The molecule has 142 valence electrons. The average molecular weight is 385 g/mol. The van der Waals surface area contributed by atoms with Crippen molar-refractivity contribution < 1.29 is 13.5 Å². The van der Waals surface area contributed by atoms with Crippen LogP contribution in [0, 0.1) is 5.92 Å². The zero-order valence-electron chi connectivity index (χ0n) is 15.5. The highest BCUT2D eigenvalue weighted by atomic mass is 32.2. The zero-order valence-corrected chi connectivity index (χ0v) is 16.3. The number of aromatic amines is 1. The summed E-state index contributed by atoms with van der Waals surface area (Å²) in [5.41, 5.74) is 2.53. The number of sulfonamides is 1. The lowest BCUT2D eigenvalue weighted by Crippen LogP contribution is -2.50. The van der Waals surface area contributed by atoms with Crippen LogP contribution >= 0.6 is 0 Å². The van der Waals surface area contributed by atoms with Crippen LogP contribution in [0.1, 0.15) is 31.1 Å². The predicted octanol–water partition coefficient (Wildman–Crippen LogP) is 3.47. The first-order chi connectivity index (χ1) is 12.9. The fourth-order valence-corrected chi connectivity index (χ4v) is 6.02. The van der Waals surface area contributed by atoms with E-state index in [1.807, 2.05) is 44.3 Å². The van der Waals surface area contributed by atoms with Gasteiger partial charge in [0.25, 0.3) is 0 Å². The first kappa shape index (κ1) is 18.2. The van der Waals surface area contributed by atoms with Crippen molar-refractivity contribution in [3.63, 3.8) is 0 Å². The summed E-state index contributed by atoms with van der Waals surface area (Å²) in [6, 6.07) is 14.2. The third-order valence-electron chi connectivity index (χ3n) is 5.22. The SMILES string of the molecule is CC(C)CN1[C@H](Cc2cccc3[nH]ccc23)[C@H](O)c2ccccc2S1(=O)=O. The molecule has 0 saturated heterocycles. The number of aromatic nitrogens is 1. The van der Waals surface area contributed by atoms with Crippen LogP contribution in [0.5, 0.6) is 0 Å². The summed E-state index contributed by atoms with van der Waals surface area (Å²) in [5.74, 6) is 0.155. The Morgan fingerprint density at radius 2 is 1.89 bits per heavy atom. The van der Waals surface area contributed by atoms with E-state index in [1.54, 1.807) is 24.3 Å². The van der Waals surface area contributed by atoms with Crippen molar-refractivity contribution in [2.45, 2.75) is 37.3 Å². The molecule has 2 heterocycles. The third-order valence-corrected chi connectivity index (χ3v) is 7.18. The third kappa shape index (κ3) is 3.08. The molecule has 0 radical (unpaired) electrons. The summed E-state index contributed by atoms with van der Waals surface area (Å²) in [6.45, 7) is 4.36. The Labute approximate surface area is 159 Å². The second-order valence-corrected chi connectivity index (χ2v) is 9.44. The average Bonchev–Trinajstić information content (AvgIpc) is 3.12. The summed E-state index contributed by atoms with van der Waals surface area (Å²) in [4.78, 5) is 3.41. The standard InChI is InChI=1S/C21H24N2O3S/c1-14(2)13-23-19(12-15-6-5-8-18-16(15)10-11-22-18)21(24)17-7-3-4-9-20(17)27(23,25)26/h3-11,14,19,21-22,24H,12-13H2,1-2H3/t19-,21-/m1/s1. The number of aliphatic hydroxyl groups is 1. The van der Waals surface area contributed by atoms with Gasteiger partial charge in [-0.25, -0.2) is 8.42 Å². The molecule has 0 aliphatic carbocycles. The summed E-state index contributed by atoms with van der Waals surface area (Å²) in [7, 11) is -3.65. The Bertz CT molecular complexity index is 1070. The Kier molecular flexibility index (Phi) is 4.58. The van der Waals surface area contributed by atoms with Gasteiger partial charge in [-0.3, -0.25) is 0 Å². The van der Waals surface area contributed by atoms with E-state index in [0.29, 0.717) is 18.5 Å². The predicted molar refractivity (Wildman–Crippen MR) is 106 cm³/mol. The van der Waals surface area contributed by atoms with Crippen molar-refractivity contribution in [3.05, 3.63) is 65.9 Å². The van der Waals surface area contributed by atoms with Gasteiger partial charge in [-0.15, -0.1) is 0 Å². The maximum absolute atomic E-state index is 13.3. The van der Waals surface area contributed by atoms with Gasteiger partial charge < -0.3 is 10.1 Å². The van der Waals surface area contributed by atoms with E-state index in [2.05, 4.69) is 4.98 Å². The van der Waals surface area contributed by atoms with Gasteiger partial charge in [-0.1, -0.05) is 44.2 Å². The Balaban J connectivity index is 1.83. The van der Waals surface area contributed by atoms with Gasteiger partial charge in [0.15, 0.2) is 0 Å². The van der Waals surface area contributed by atoms with Gasteiger partial charge in [0.2, 0.25) is 10.0 Å². The molecule has 0 fully saturated rings. The second-order valence-electron chi connectivity index (χ2n) is 7.58. The molecule has 5 nitrogen and oxygen atoms in total. The van der Waals surface area contributed by atoms with E-state index in [4.69, 9.17) is 0 Å². The first-order valence-electron chi connectivity index (χ1n) is 9.23. The van der Waals surface area contributed by atoms with Crippen LogP contribution in [0.15, 0.2) is 59.6 Å². The van der Waals surface area contributed by atoms with Crippen LogP contribution < -0.4 is 0 Å². The molecular formula is C21H24N2O3S. The van der Waals surface area contributed by atoms with E-state index in [0.717, 1.165) is 16.5 Å². The number of hydrogen-bond donors (Lipinski definition) is 2. The minimum Gasteiger partial charge on any atom is -0.387 e. The fourth-order valence-electron chi connectivity index (χ4n) is 3.99. The highest BCUT2D eigenvalue weighted by Crippen LogP contribution is 2.39. The number of nitrogens with one attached hydrogen (secondary N) is 1. The van der Waals surface area contributed by atoms with E-state index >= 15 is 0 Å². The number of nitrogens with zero attached hydrogens (tertiary/aromatic N) is 1. The normalized spacial score (nSPS) is 22.2. The Hall–Kier alpha value is -2.15. The van der Waals surface area contributed by atoms with Crippen molar-refractivity contribution in [1.82, 2.24) is 9.29 Å². The maximum Gasteiger partial charge on any atom is 0.243 e. The molecule has 3 aromatic rings. The van der Waals surface area contributed by atoms with Crippen LogP contribution in [0.25, 0.3) is 10.9 Å². The van der Waals surface area contributed by atoms with E-state index in [-0.39, 0.29) is 10.8 Å². The fraction of sp³-hybridized carbons (Fsp3) is 0.333. The molecule has 27 heavy (non-hydrogen) atoms. The topological polar surface area (TPSA) is 73.4 Å². The van der Waals surface area contributed by atoms with Crippen LogP contribution in [0.4, 0.5) is 0 Å². The van der Waals surface area contributed by atoms with Gasteiger partial charge >= 0.3 is 0 Å². The van der Waals surface area contributed by atoms with E-state index < -0.39 is 22.2 Å². The van der Waals surface area contributed by atoms with Crippen molar-refractivity contribution in [3.8, 4) is 0 Å². The molecule has 1 aliphatic rings. The monoisotopic (exact) mass is 384 g/mol. The second kappa shape index (κ2) is 6.78. The molecule has 4 rings (SSSR count). The number of aliphatic hydroxyl groups excluding tert-OH is 1. The van der Waals surface area contributed by atoms with Gasteiger partial charge in [0, 0.05) is 29.2 Å². The van der Waals surface area contributed by atoms with Crippen LogP contribution in [0.2, 0.25) is 0 Å². The number of hydrogen-bond acceptors (Lipinski definition) is 3. The van der Waals surface area contributed by atoms with Crippen molar-refractivity contribution in [2.75, 3.05) is 6.54 Å². The van der Waals surface area contributed by atoms with Gasteiger partial charge in [-0.05, 0) is 36.1 Å². The molecule has 0 unspecified atom stereocenters. The lowest BCUT2D eigenvalue weighted by atomic mass is 9.93. The number of rotatable bonds is 4. The van der Waals surface area contributed by atoms with Crippen molar-refractivity contribution in [1.29, 1.82) is 0 Å². The molecule has 0 amide bonds. The highest BCUT2D eigenvalue weighted by Gasteiger charge is 2.43. The molecule has 0 spiro atoms. The quantitative estimate of drug-likeness (QED) is 0.723. The highest BCUT2D eigenvalue weighted by molar-refractivity contribution is 7.89. The van der Waals surface area contributed by atoms with Crippen LogP contribution in [0.3, 0.4) is 0 Å². The molecule has 2 N–H and O–H groups in total. The maximum atomic E-state index is 13.3. The van der Waals surface area contributed by atoms with E-state index in [1.165, 1.54) is 4.31 Å². The number of H-pyrrole nitrogens is 1. The summed E-state index contributed by atoms with van der Waals surface area (Å²) >= 11 is 0. The molecular weight excluding hydrogens is 360 g/mol. The van der Waals surface area contributed by atoms with Crippen molar-refractivity contribution in [2.24, 2.45) is 5.92 Å². The zero-order chi connectivity index (χ0) is 19.2. The largest absolute Gasteiger partial charge is 0.387 e. The molecule has 0 bridgehead atoms. The summed E-state index contributed by atoms with van der Waals surface area (Å²) in [5, 5.41) is 12.2. The summed E-state index contributed by atoms with van der Waals surface area (Å²) in [6.07, 6.45) is 1.47. The lowest BCUT2D eigenvalue weighted by Gasteiger charge is -2.40. The van der Waals surface area contributed by atoms with Crippen LogP contribution in [-0.2, 0) is 16.4 Å². The smallest absolute Gasteiger partial charge is 0.243 e. The van der Waals surface area contributed by atoms with Gasteiger partial charge in [0.1, 0.15) is 0 Å². The van der Waals surface area contributed by atoms with Crippen molar-refractivity contribution >= 4 is 20.9 Å². The minimum atomic E-state index is -3.65. The number of fused-ring (bicyclic) bond motifs is 2. The number of benzene rings is 2. The lowest BCUT2D eigenvalue weighted by molar-refractivity contribution is 0.0755. The Morgan fingerprint density at radius 3 is 2.67 bits per heavy atom. The first-order valence-corrected chi connectivity index (χ1v) is 10.7. The van der Waals surface area contributed by atoms with E-state index in [9.17, 15) is 13.5 Å². The van der Waals surface area contributed by atoms with Gasteiger partial charge in [-0.2, -0.15) is 4.31 Å². The van der Waals surface area contributed by atoms with Gasteiger partial charge in [0.05, 0.1) is 17.0 Å². The molecule has 6 heteroatoms. The Morgan fingerprint density at radius 1 is 1.11 bits per heavy atom. The molecule has 0 saturated carbocycles. The molecule has 1 aromatic heterocycles. The summed E-state index contributed by atoms with van der Waals surface area (Å²) < 4.78 is 28.1. The molecule has 2 aromatic carbocycles. The molecule has 2 atom stereocenters.